The number of aliphatic hydroxyl groups is 1. The molecule has 1 saturated heterocycles. The third-order valence-electron chi connectivity index (χ3n) is 4.37. The van der Waals surface area contributed by atoms with Gasteiger partial charge in [-0.1, -0.05) is 56.9 Å². The fourth-order valence-corrected chi connectivity index (χ4v) is 3.02. The van der Waals surface area contributed by atoms with E-state index in [2.05, 4.69) is 36.5 Å². The highest BCUT2D eigenvalue weighted by atomic mass is 16.3. The van der Waals surface area contributed by atoms with Crippen LogP contribution in [0.4, 0.5) is 0 Å². The van der Waals surface area contributed by atoms with Gasteiger partial charge in [0.15, 0.2) is 0 Å². The van der Waals surface area contributed by atoms with Gasteiger partial charge in [-0.25, -0.2) is 0 Å². The Hall–Kier alpha value is -0.860. The minimum atomic E-state index is -0.357. The standard InChI is InChI=1S/C18H29NO/c1-2-3-4-5-8-15-10-12-16(13-11-15)18(20)17-9-6-7-14-19-17/h10-13,17-20H,2-9,14H2,1H3. The SMILES string of the molecule is CCCCCCc1ccc(C(O)C2CCCCN2)cc1. The molecular weight excluding hydrogens is 246 g/mol. The molecule has 2 rings (SSSR count). The number of benzene rings is 1. The zero-order valence-corrected chi connectivity index (χ0v) is 12.8. The summed E-state index contributed by atoms with van der Waals surface area (Å²) in [4.78, 5) is 0. The van der Waals surface area contributed by atoms with Crippen molar-refractivity contribution in [2.75, 3.05) is 6.54 Å². The molecule has 1 fully saturated rings. The monoisotopic (exact) mass is 275 g/mol. The molecule has 1 heterocycles. The van der Waals surface area contributed by atoms with Gasteiger partial charge in [0.2, 0.25) is 0 Å². The lowest BCUT2D eigenvalue weighted by atomic mass is 9.94. The van der Waals surface area contributed by atoms with Crippen molar-refractivity contribution in [2.24, 2.45) is 0 Å². The Morgan fingerprint density at radius 1 is 1.15 bits per heavy atom. The number of aliphatic hydroxyl groups excluding tert-OH is 1. The maximum Gasteiger partial charge on any atom is 0.0942 e. The molecule has 112 valence electrons. The van der Waals surface area contributed by atoms with Crippen LogP contribution in [0.5, 0.6) is 0 Å². The Labute approximate surface area is 123 Å². The molecule has 2 heteroatoms. The molecule has 0 saturated carbocycles. The Morgan fingerprint density at radius 3 is 2.60 bits per heavy atom. The van der Waals surface area contributed by atoms with Gasteiger partial charge in [-0.15, -0.1) is 0 Å². The number of piperidine rings is 1. The van der Waals surface area contributed by atoms with Crippen LogP contribution in [-0.4, -0.2) is 17.7 Å². The summed E-state index contributed by atoms with van der Waals surface area (Å²) in [5, 5.41) is 13.8. The average Bonchev–Trinajstić information content (AvgIpc) is 2.52. The Bertz CT molecular complexity index is 368. The summed E-state index contributed by atoms with van der Waals surface area (Å²) in [6.07, 6.45) is 9.59. The smallest absolute Gasteiger partial charge is 0.0942 e. The molecule has 2 unspecified atom stereocenters. The molecule has 2 nitrogen and oxygen atoms in total. The largest absolute Gasteiger partial charge is 0.387 e. The van der Waals surface area contributed by atoms with Gasteiger partial charge >= 0.3 is 0 Å². The van der Waals surface area contributed by atoms with E-state index in [1.165, 1.54) is 44.1 Å². The lowest BCUT2D eigenvalue weighted by molar-refractivity contribution is 0.114. The molecule has 0 bridgehead atoms. The minimum absolute atomic E-state index is 0.235. The third-order valence-corrected chi connectivity index (χ3v) is 4.37. The first kappa shape index (κ1) is 15.5. The molecule has 0 aromatic heterocycles. The van der Waals surface area contributed by atoms with Crippen LogP contribution in [0.15, 0.2) is 24.3 Å². The van der Waals surface area contributed by atoms with Crippen molar-refractivity contribution < 1.29 is 5.11 Å². The summed E-state index contributed by atoms with van der Waals surface area (Å²) in [6.45, 7) is 3.28. The molecule has 0 aliphatic carbocycles. The molecule has 1 aromatic rings. The maximum atomic E-state index is 10.4. The van der Waals surface area contributed by atoms with Crippen molar-refractivity contribution in [3.63, 3.8) is 0 Å². The van der Waals surface area contributed by atoms with Crippen LogP contribution < -0.4 is 5.32 Å². The highest BCUT2D eigenvalue weighted by Gasteiger charge is 2.22. The van der Waals surface area contributed by atoms with Gasteiger partial charge in [0.05, 0.1) is 6.10 Å². The summed E-state index contributed by atoms with van der Waals surface area (Å²) >= 11 is 0. The van der Waals surface area contributed by atoms with E-state index in [0.717, 1.165) is 24.9 Å². The van der Waals surface area contributed by atoms with Gasteiger partial charge in [-0.05, 0) is 43.4 Å². The highest BCUT2D eigenvalue weighted by molar-refractivity contribution is 5.25. The molecule has 0 amide bonds. The van der Waals surface area contributed by atoms with Gasteiger partial charge < -0.3 is 10.4 Å². The van der Waals surface area contributed by atoms with Crippen molar-refractivity contribution in [1.29, 1.82) is 0 Å². The van der Waals surface area contributed by atoms with Crippen molar-refractivity contribution in [3.8, 4) is 0 Å². The van der Waals surface area contributed by atoms with Crippen molar-refractivity contribution in [3.05, 3.63) is 35.4 Å². The number of rotatable bonds is 7. The Morgan fingerprint density at radius 2 is 1.95 bits per heavy atom. The van der Waals surface area contributed by atoms with E-state index in [4.69, 9.17) is 0 Å². The lowest BCUT2D eigenvalue weighted by Crippen LogP contribution is -2.38. The summed E-state index contributed by atoms with van der Waals surface area (Å²) in [5.41, 5.74) is 2.45. The van der Waals surface area contributed by atoms with E-state index >= 15 is 0 Å². The van der Waals surface area contributed by atoms with Crippen LogP contribution in [0.2, 0.25) is 0 Å². The molecule has 1 aromatic carbocycles. The maximum absolute atomic E-state index is 10.4. The molecule has 1 aliphatic rings. The van der Waals surface area contributed by atoms with Gasteiger partial charge in [-0.3, -0.25) is 0 Å². The summed E-state index contributed by atoms with van der Waals surface area (Å²) in [7, 11) is 0. The minimum Gasteiger partial charge on any atom is -0.387 e. The molecule has 20 heavy (non-hydrogen) atoms. The fourth-order valence-electron chi connectivity index (χ4n) is 3.02. The zero-order chi connectivity index (χ0) is 14.2. The first-order chi connectivity index (χ1) is 9.81. The molecule has 0 radical (unpaired) electrons. The molecular formula is C18H29NO. The molecule has 1 aliphatic heterocycles. The van der Waals surface area contributed by atoms with E-state index < -0.39 is 0 Å². The van der Waals surface area contributed by atoms with Crippen molar-refractivity contribution in [1.82, 2.24) is 5.32 Å². The normalized spacial score (nSPS) is 20.8. The first-order valence-electron chi connectivity index (χ1n) is 8.31. The summed E-state index contributed by atoms with van der Waals surface area (Å²) < 4.78 is 0. The molecule has 0 spiro atoms. The zero-order valence-electron chi connectivity index (χ0n) is 12.8. The molecule has 2 N–H and O–H groups in total. The predicted octanol–water partition coefficient (Wildman–Crippen LogP) is 3.98. The van der Waals surface area contributed by atoms with E-state index in [1.54, 1.807) is 0 Å². The van der Waals surface area contributed by atoms with Crippen LogP contribution in [0.1, 0.15) is 69.1 Å². The second-order valence-electron chi connectivity index (χ2n) is 6.05. The fraction of sp³-hybridized carbons (Fsp3) is 0.667. The Balaban J connectivity index is 1.83. The van der Waals surface area contributed by atoms with Gasteiger partial charge in [0.1, 0.15) is 0 Å². The Kier molecular flexibility index (Phi) is 6.55. The summed E-state index contributed by atoms with van der Waals surface area (Å²) in [5.74, 6) is 0. The topological polar surface area (TPSA) is 32.3 Å². The highest BCUT2D eigenvalue weighted by Crippen LogP contribution is 2.23. The van der Waals surface area contributed by atoms with Gasteiger partial charge in [0, 0.05) is 6.04 Å². The predicted molar refractivity (Wildman–Crippen MR) is 84.9 cm³/mol. The van der Waals surface area contributed by atoms with Crippen LogP contribution in [0.25, 0.3) is 0 Å². The number of nitrogens with one attached hydrogen (secondary N) is 1. The lowest BCUT2D eigenvalue weighted by Gasteiger charge is -2.28. The number of hydrogen-bond acceptors (Lipinski definition) is 2. The average molecular weight is 275 g/mol. The first-order valence-corrected chi connectivity index (χ1v) is 8.31. The van der Waals surface area contributed by atoms with Crippen LogP contribution in [0.3, 0.4) is 0 Å². The third kappa shape index (κ3) is 4.60. The van der Waals surface area contributed by atoms with Crippen molar-refractivity contribution in [2.45, 2.75) is 70.4 Å². The van der Waals surface area contributed by atoms with Crippen LogP contribution >= 0.6 is 0 Å². The van der Waals surface area contributed by atoms with Crippen LogP contribution in [-0.2, 0) is 6.42 Å². The van der Waals surface area contributed by atoms with E-state index in [1.807, 2.05) is 0 Å². The van der Waals surface area contributed by atoms with E-state index in [-0.39, 0.29) is 12.1 Å². The second-order valence-corrected chi connectivity index (χ2v) is 6.05. The quantitative estimate of drug-likeness (QED) is 0.738. The van der Waals surface area contributed by atoms with E-state index in [0.29, 0.717) is 0 Å². The molecule has 2 atom stereocenters. The van der Waals surface area contributed by atoms with Gasteiger partial charge in [0.25, 0.3) is 0 Å². The summed E-state index contributed by atoms with van der Waals surface area (Å²) in [6, 6.07) is 8.83. The number of aryl methyl sites for hydroxylation is 1. The number of unbranched alkanes of at least 4 members (excludes halogenated alkanes) is 3. The van der Waals surface area contributed by atoms with Gasteiger partial charge in [-0.2, -0.15) is 0 Å². The van der Waals surface area contributed by atoms with Crippen molar-refractivity contribution >= 4 is 0 Å². The van der Waals surface area contributed by atoms with E-state index in [9.17, 15) is 5.11 Å². The second kappa shape index (κ2) is 8.43. The van der Waals surface area contributed by atoms with Crippen LogP contribution in [0, 0.1) is 0 Å². The number of hydrogen-bond donors (Lipinski definition) is 2.